The van der Waals surface area contributed by atoms with E-state index in [2.05, 4.69) is 5.32 Å². The fourth-order valence-corrected chi connectivity index (χ4v) is 3.10. The van der Waals surface area contributed by atoms with E-state index in [1.807, 2.05) is 27.7 Å². The average Bonchev–Trinajstić information content (AvgIpc) is 2.36. The number of carbonyl (C=O) groups is 1. The molecular weight excluding hydrogens is 280 g/mol. The number of amides is 1. The summed E-state index contributed by atoms with van der Waals surface area (Å²) in [6, 6.07) is -0.381. The lowest BCUT2D eigenvalue weighted by Crippen LogP contribution is -2.47. The van der Waals surface area contributed by atoms with Crippen molar-refractivity contribution in [2.75, 3.05) is 0 Å². The number of aliphatic hydroxyl groups excluding tert-OH is 1. The molecule has 1 rings (SSSR count). The van der Waals surface area contributed by atoms with Crippen LogP contribution in [0.4, 0.5) is 4.79 Å². The zero-order valence-corrected chi connectivity index (χ0v) is 14.6. The second-order valence-electron chi connectivity index (χ2n) is 7.77. The Morgan fingerprint density at radius 3 is 2.41 bits per heavy atom. The molecule has 130 valence electrons. The Morgan fingerprint density at radius 1 is 1.32 bits per heavy atom. The van der Waals surface area contributed by atoms with Gasteiger partial charge in [0.1, 0.15) is 5.60 Å². The highest BCUT2D eigenvalue weighted by Crippen LogP contribution is 2.28. The van der Waals surface area contributed by atoms with Gasteiger partial charge in [-0.05, 0) is 46.5 Å². The van der Waals surface area contributed by atoms with Crippen LogP contribution in [0, 0.1) is 5.92 Å². The van der Waals surface area contributed by atoms with Crippen molar-refractivity contribution in [1.29, 1.82) is 0 Å². The number of aliphatic hydroxyl groups is 1. The third kappa shape index (κ3) is 7.99. The molecule has 0 aromatic heterocycles. The zero-order valence-electron chi connectivity index (χ0n) is 14.6. The van der Waals surface area contributed by atoms with Crippen LogP contribution in [-0.4, -0.2) is 35.0 Å². The maximum atomic E-state index is 12.0. The molecule has 1 aliphatic rings. The van der Waals surface area contributed by atoms with E-state index in [1.165, 1.54) is 32.1 Å². The van der Waals surface area contributed by atoms with Crippen LogP contribution in [0.1, 0.15) is 72.6 Å². The van der Waals surface area contributed by atoms with Gasteiger partial charge in [-0.2, -0.15) is 0 Å². The van der Waals surface area contributed by atoms with Crippen molar-refractivity contribution in [3.63, 3.8) is 0 Å². The Bertz CT molecular complexity index is 333. The summed E-state index contributed by atoms with van der Waals surface area (Å²) in [5.74, 6) is 0.566. The first-order valence-corrected chi connectivity index (χ1v) is 8.60. The van der Waals surface area contributed by atoms with E-state index in [9.17, 15) is 9.90 Å². The van der Waals surface area contributed by atoms with Crippen LogP contribution in [0.5, 0.6) is 0 Å². The summed E-state index contributed by atoms with van der Waals surface area (Å²) in [6.45, 7) is 7.37. The van der Waals surface area contributed by atoms with Crippen molar-refractivity contribution < 1.29 is 14.6 Å². The molecule has 4 N–H and O–H groups in total. The summed E-state index contributed by atoms with van der Waals surface area (Å²) in [5, 5.41) is 13.3. The van der Waals surface area contributed by atoms with Crippen molar-refractivity contribution in [3.8, 4) is 0 Å². The molecule has 1 aliphatic carbocycles. The smallest absolute Gasteiger partial charge is 0.407 e. The van der Waals surface area contributed by atoms with Gasteiger partial charge in [0.2, 0.25) is 0 Å². The Morgan fingerprint density at radius 2 is 1.91 bits per heavy atom. The molecular formula is C17H34N2O3. The Labute approximate surface area is 135 Å². The zero-order chi connectivity index (χ0) is 16.8. The first-order valence-electron chi connectivity index (χ1n) is 8.60. The number of nitrogens with one attached hydrogen (secondary N) is 1. The number of rotatable bonds is 6. The Kier molecular flexibility index (Phi) is 7.63. The summed E-state index contributed by atoms with van der Waals surface area (Å²) < 4.78 is 5.32. The fraction of sp³-hybridized carbons (Fsp3) is 0.941. The Hall–Kier alpha value is -0.810. The maximum Gasteiger partial charge on any atom is 0.407 e. The average molecular weight is 314 g/mol. The minimum Gasteiger partial charge on any atom is -0.444 e. The quantitative estimate of drug-likeness (QED) is 0.703. The van der Waals surface area contributed by atoms with E-state index < -0.39 is 17.8 Å². The molecule has 0 bridgehead atoms. The lowest BCUT2D eigenvalue weighted by atomic mass is 9.83. The first-order chi connectivity index (χ1) is 10.2. The third-order valence-electron chi connectivity index (χ3n) is 4.09. The van der Waals surface area contributed by atoms with Crippen LogP contribution in [0.15, 0.2) is 0 Å². The van der Waals surface area contributed by atoms with Crippen LogP contribution in [0.3, 0.4) is 0 Å². The van der Waals surface area contributed by atoms with Crippen LogP contribution >= 0.6 is 0 Å². The minimum atomic E-state index is -0.630. The highest BCUT2D eigenvalue weighted by molar-refractivity contribution is 5.68. The predicted octanol–water partition coefficient (Wildman–Crippen LogP) is 2.95. The van der Waals surface area contributed by atoms with Crippen LogP contribution < -0.4 is 11.1 Å². The van der Waals surface area contributed by atoms with Crippen LogP contribution in [0.25, 0.3) is 0 Å². The summed E-state index contributed by atoms with van der Waals surface area (Å²) in [4.78, 5) is 12.0. The molecule has 1 fully saturated rings. The van der Waals surface area contributed by atoms with Crippen molar-refractivity contribution >= 4 is 6.09 Å². The van der Waals surface area contributed by atoms with Gasteiger partial charge in [0.25, 0.3) is 0 Å². The van der Waals surface area contributed by atoms with E-state index in [0.29, 0.717) is 12.3 Å². The number of ether oxygens (including phenoxy) is 1. The highest BCUT2D eigenvalue weighted by atomic mass is 16.6. The van der Waals surface area contributed by atoms with E-state index in [-0.39, 0.29) is 12.1 Å². The summed E-state index contributed by atoms with van der Waals surface area (Å²) in [5.41, 5.74) is 5.26. The van der Waals surface area contributed by atoms with Crippen molar-refractivity contribution in [1.82, 2.24) is 5.32 Å². The molecule has 1 amide bonds. The molecule has 0 spiro atoms. The molecule has 5 heteroatoms. The molecule has 22 heavy (non-hydrogen) atoms. The predicted molar refractivity (Wildman–Crippen MR) is 88.6 cm³/mol. The van der Waals surface area contributed by atoms with Gasteiger partial charge in [0.05, 0.1) is 12.1 Å². The van der Waals surface area contributed by atoms with Crippen molar-refractivity contribution in [3.05, 3.63) is 0 Å². The number of nitrogens with two attached hydrogens (primary N) is 1. The second kappa shape index (κ2) is 8.73. The maximum absolute atomic E-state index is 12.0. The standard InChI is InChI=1S/C17H34N2O3/c1-12(18)10-15(20)14(11-13-8-6-5-7-9-13)19-16(21)22-17(2,3)4/h12-15,20H,5-11,18H2,1-4H3,(H,19,21)/t12-,14+,15+/m1/s1. The summed E-state index contributed by atoms with van der Waals surface area (Å²) >= 11 is 0. The van der Waals surface area contributed by atoms with Gasteiger partial charge in [-0.1, -0.05) is 32.1 Å². The molecule has 0 radical (unpaired) electrons. The molecule has 1 saturated carbocycles. The van der Waals surface area contributed by atoms with Gasteiger partial charge in [-0.25, -0.2) is 4.79 Å². The summed E-state index contributed by atoms with van der Waals surface area (Å²) in [7, 11) is 0. The number of hydrogen-bond donors (Lipinski definition) is 3. The number of carbonyl (C=O) groups excluding carboxylic acids is 1. The van der Waals surface area contributed by atoms with E-state index in [0.717, 1.165) is 6.42 Å². The van der Waals surface area contributed by atoms with Gasteiger partial charge >= 0.3 is 6.09 Å². The number of hydrogen-bond acceptors (Lipinski definition) is 4. The first kappa shape index (κ1) is 19.2. The number of alkyl carbamates (subject to hydrolysis) is 1. The SMILES string of the molecule is C[C@@H](N)C[C@H](O)[C@H](CC1CCCCC1)NC(=O)OC(C)(C)C. The van der Waals surface area contributed by atoms with Crippen LogP contribution in [0.2, 0.25) is 0 Å². The molecule has 0 heterocycles. The van der Waals surface area contributed by atoms with Gasteiger partial charge in [0.15, 0.2) is 0 Å². The monoisotopic (exact) mass is 314 g/mol. The van der Waals surface area contributed by atoms with E-state index in [1.54, 1.807) is 0 Å². The third-order valence-corrected chi connectivity index (χ3v) is 4.09. The second-order valence-corrected chi connectivity index (χ2v) is 7.77. The van der Waals surface area contributed by atoms with Gasteiger partial charge in [-0.3, -0.25) is 0 Å². The highest BCUT2D eigenvalue weighted by Gasteiger charge is 2.28. The van der Waals surface area contributed by atoms with Gasteiger partial charge in [0, 0.05) is 6.04 Å². The lowest BCUT2D eigenvalue weighted by Gasteiger charge is -2.31. The summed E-state index contributed by atoms with van der Waals surface area (Å²) in [6.07, 6.45) is 6.32. The molecule has 0 aromatic carbocycles. The lowest BCUT2D eigenvalue weighted by molar-refractivity contribution is 0.0373. The Balaban J connectivity index is 2.61. The molecule has 0 aromatic rings. The minimum absolute atomic E-state index is 0.0932. The van der Waals surface area contributed by atoms with Crippen molar-refractivity contribution in [2.45, 2.75) is 96.4 Å². The normalized spacial score (nSPS) is 21.0. The fourth-order valence-electron chi connectivity index (χ4n) is 3.10. The molecule has 0 unspecified atom stereocenters. The largest absolute Gasteiger partial charge is 0.444 e. The molecule has 5 nitrogen and oxygen atoms in total. The van der Waals surface area contributed by atoms with Gasteiger partial charge in [-0.15, -0.1) is 0 Å². The molecule has 0 aliphatic heterocycles. The van der Waals surface area contributed by atoms with E-state index in [4.69, 9.17) is 10.5 Å². The van der Waals surface area contributed by atoms with Crippen molar-refractivity contribution in [2.24, 2.45) is 11.7 Å². The van der Waals surface area contributed by atoms with Crippen LogP contribution in [-0.2, 0) is 4.74 Å². The van der Waals surface area contributed by atoms with Gasteiger partial charge < -0.3 is 20.9 Å². The topological polar surface area (TPSA) is 84.6 Å². The molecule has 0 saturated heterocycles. The van der Waals surface area contributed by atoms with E-state index >= 15 is 0 Å². The molecule has 3 atom stereocenters.